The number of nitrogens with one attached hydrogen (secondary N) is 1. The van der Waals surface area contributed by atoms with Crippen LogP contribution in [0.4, 0.5) is 5.69 Å². The van der Waals surface area contributed by atoms with Crippen LogP contribution in [0.5, 0.6) is 0 Å². The van der Waals surface area contributed by atoms with Crippen LogP contribution in [0.25, 0.3) is 0 Å². The molecule has 106 valence electrons. The van der Waals surface area contributed by atoms with Crippen molar-refractivity contribution in [3.05, 3.63) is 29.8 Å². The molecule has 2 atom stereocenters. The fourth-order valence-corrected chi connectivity index (χ4v) is 2.99. The second-order valence-corrected chi connectivity index (χ2v) is 5.66. The third-order valence-electron chi connectivity index (χ3n) is 4.28. The van der Waals surface area contributed by atoms with E-state index >= 15 is 0 Å². The predicted octanol–water partition coefficient (Wildman–Crippen LogP) is 4.13. The average molecular weight is 260 g/mol. The molecule has 0 radical (unpaired) electrons. The zero-order valence-electron chi connectivity index (χ0n) is 12.7. The number of rotatable bonds is 5. The first-order valence-electron chi connectivity index (χ1n) is 7.86. The lowest BCUT2D eigenvalue weighted by Gasteiger charge is -2.31. The first kappa shape index (κ1) is 14.4. The zero-order chi connectivity index (χ0) is 13.7. The molecule has 2 rings (SSSR count). The predicted molar refractivity (Wildman–Crippen MR) is 83.8 cm³/mol. The van der Waals surface area contributed by atoms with Crippen LogP contribution in [0, 0.1) is 0 Å². The molecule has 2 nitrogen and oxygen atoms in total. The van der Waals surface area contributed by atoms with E-state index in [0.29, 0.717) is 12.1 Å². The largest absolute Gasteiger partial charge is 0.369 e. The number of nitrogens with zero attached hydrogens (tertiary/aromatic N) is 1. The molecule has 0 bridgehead atoms. The number of hydrogen-bond donors (Lipinski definition) is 1. The van der Waals surface area contributed by atoms with Gasteiger partial charge in [-0.2, -0.15) is 0 Å². The van der Waals surface area contributed by atoms with Crippen LogP contribution >= 0.6 is 0 Å². The Balaban J connectivity index is 2.28. The summed E-state index contributed by atoms with van der Waals surface area (Å²) in [6, 6.07) is 10.1. The van der Waals surface area contributed by atoms with Gasteiger partial charge in [0.25, 0.3) is 0 Å². The number of benzene rings is 1. The van der Waals surface area contributed by atoms with Crippen LogP contribution in [0.2, 0.25) is 0 Å². The molecular formula is C17H28N2. The summed E-state index contributed by atoms with van der Waals surface area (Å²) in [5.41, 5.74) is 2.94. The molecule has 0 aliphatic carbocycles. The van der Waals surface area contributed by atoms with Crippen molar-refractivity contribution in [1.82, 2.24) is 5.32 Å². The van der Waals surface area contributed by atoms with E-state index in [0.717, 1.165) is 6.54 Å². The second-order valence-electron chi connectivity index (χ2n) is 5.66. The molecule has 0 fully saturated rings. The molecule has 1 N–H and O–H groups in total. The molecule has 2 heteroatoms. The monoisotopic (exact) mass is 260 g/mol. The van der Waals surface area contributed by atoms with Crippen LogP contribution in [0.3, 0.4) is 0 Å². The molecule has 1 aromatic rings. The highest BCUT2D eigenvalue weighted by Gasteiger charge is 2.24. The Morgan fingerprint density at radius 3 is 2.84 bits per heavy atom. The molecule has 1 heterocycles. The van der Waals surface area contributed by atoms with E-state index in [1.54, 1.807) is 0 Å². The van der Waals surface area contributed by atoms with Crippen LogP contribution in [0.1, 0.15) is 58.1 Å². The molecule has 2 unspecified atom stereocenters. The molecule has 1 aliphatic rings. The summed E-state index contributed by atoms with van der Waals surface area (Å²) in [6.07, 6.45) is 4.94. The van der Waals surface area contributed by atoms with Gasteiger partial charge in [-0.1, -0.05) is 32.0 Å². The summed E-state index contributed by atoms with van der Waals surface area (Å²) in [4.78, 5) is 2.60. The zero-order valence-corrected chi connectivity index (χ0v) is 12.7. The van der Waals surface area contributed by atoms with Gasteiger partial charge in [-0.15, -0.1) is 0 Å². The lowest BCUT2D eigenvalue weighted by atomic mass is 10.0. The molecule has 0 aromatic heterocycles. The van der Waals surface area contributed by atoms with Crippen LogP contribution in [-0.2, 0) is 0 Å². The molecular weight excluding hydrogens is 232 g/mol. The highest BCUT2D eigenvalue weighted by molar-refractivity contribution is 5.56. The minimum Gasteiger partial charge on any atom is -0.369 e. The minimum atomic E-state index is 0.533. The van der Waals surface area contributed by atoms with E-state index < -0.39 is 0 Å². The van der Waals surface area contributed by atoms with E-state index in [4.69, 9.17) is 0 Å². The number of fused-ring (bicyclic) bond motifs is 1. The first-order valence-corrected chi connectivity index (χ1v) is 7.86. The Morgan fingerprint density at radius 2 is 2.11 bits per heavy atom. The van der Waals surface area contributed by atoms with Gasteiger partial charge < -0.3 is 10.2 Å². The van der Waals surface area contributed by atoms with Crippen molar-refractivity contribution in [2.75, 3.05) is 18.0 Å². The summed E-state index contributed by atoms with van der Waals surface area (Å²) in [7, 11) is 0. The quantitative estimate of drug-likeness (QED) is 0.856. The van der Waals surface area contributed by atoms with Crippen molar-refractivity contribution in [3.63, 3.8) is 0 Å². The fraction of sp³-hybridized carbons (Fsp3) is 0.647. The maximum atomic E-state index is 3.72. The SMILES string of the molecule is CCCNC1CCCN(C(C)CC)c2ccccc21. The van der Waals surface area contributed by atoms with E-state index in [9.17, 15) is 0 Å². The minimum absolute atomic E-state index is 0.533. The standard InChI is InChI=1S/C17H28N2/c1-4-12-18-16-10-8-13-19(14(3)5-2)17-11-7-6-9-15(16)17/h6-7,9,11,14,16,18H,4-5,8,10,12-13H2,1-3H3. The summed E-state index contributed by atoms with van der Waals surface area (Å²) in [5.74, 6) is 0. The lowest BCUT2D eigenvalue weighted by Crippen LogP contribution is -2.33. The smallest absolute Gasteiger partial charge is 0.0417 e. The van der Waals surface area contributed by atoms with E-state index in [1.165, 1.54) is 43.5 Å². The van der Waals surface area contributed by atoms with Crippen LogP contribution in [0.15, 0.2) is 24.3 Å². The summed E-state index contributed by atoms with van der Waals surface area (Å²) in [6.45, 7) is 9.17. The van der Waals surface area contributed by atoms with Crippen molar-refractivity contribution < 1.29 is 0 Å². The number of para-hydroxylation sites is 1. The van der Waals surface area contributed by atoms with Crippen molar-refractivity contribution >= 4 is 5.69 Å². The molecule has 19 heavy (non-hydrogen) atoms. The van der Waals surface area contributed by atoms with Crippen LogP contribution < -0.4 is 10.2 Å². The van der Waals surface area contributed by atoms with Gasteiger partial charge in [-0.25, -0.2) is 0 Å². The van der Waals surface area contributed by atoms with Gasteiger partial charge in [0.2, 0.25) is 0 Å². The number of anilines is 1. The van der Waals surface area contributed by atoms with Crippen LogP contribution in [-0.4, -0.2) is 19.1 Å². The second kappa shape index (κ2) is 6.95. The van der Waals surface area contributed by atoms with E-state index in [1.807, 2.05) is 0 Å². The summed E-state index contributed by atoms with van der Waals surface area (Å²) in [5, 5.41) is 3.72. The molecule has 0 saturated heterocycles. The highest BCUT2D eigenvalue weighted by atomic mass is 15.2. The van der Waals surface area contributed by atoms with E-state index in [2.05, 4.69) is 55.3 Å². The van der Waals surface area contributed by atoms with Gasteiger partial charge in [-0.3, -0.25) is 0 Å². The maximum absolute atomic E-state index is 3.72. The Bertz CT molecular complexity index is 389. The van der Waals surface area contributed by atoms with Gasteiger partial charge in [0.05, 0.1) is 0 Å². The normalized spacial score (nSPS) is 20.8. The topological polar surface area (TPSA) is 15.3 Å². The van der Waals surface area contributed by atoms with E-state index in [-0.39, 0.29) is 0 Å². The first-order chi connectivity index (χ1) is 9.27. The van der Waals surface area contributed by atoms with Gasteiger partial charge >= 0.3 is 0 Å². The van der Waals surface area contributed by atoms with Crippen molar-refractivity contribution in [3.8, 4) is 0 Å². The third kappa shape index (κ3) is 3.30. The third-order valence-corrected chi connectivity index (χ3v) is 4.28. The van der Waals surface area contributed by atoms with Gasteiger partial charge in [0.1, 0.15) is 0 Å². The Kier molecular flexibility index (Phi) is 5.26. The average Bonchev–Trinajstić information content (AvgIpc) is 2.64. The molecule has 1 aliphatic heterocycles. The van der Waals surface area contributed by atoms with Crippen molar-refractivity contribution in [2.24, 2.45) is 0 Å². The summed E-state index contributed by atoms with van der Waals surface area (Å²) < 4.78 is 0. The van der Waals surface area contributed by atoms with Crippen molar-refractivity contribution in [2.45, 2.75) is 58.5 Å². The Labute approximate surface area is 118 Å². The Morgan fingerprint density at radius 1 is 1.32 bits per heavy atom. The molecule has 0 saturated carbocycles. The summed E-state index contributed by atoms with van der Waals surface area (Å²) >= 11 is 0. The lowest BCUT2D eigenvalue weighted by molar-refractivity contribution is 0.493. The van der Waals surface area contributed by atoms with Gasteiger partial charge in [-0.05, 0) is 50.8 Å². The van der Waals surface area contributed by atoms with Gasteiger partial charge in [0.15, 0.2) is 0 Å². The number of hydrogen-bond acceptors (Lipinski definition) is 2. The van der Waals surface area contributed by atoms with Gasteiger partial charge in [0, 0.05) is 24.3 Å². The molecule has 1 aromatic carbocycles. The molecule has 0 amide bonds. The fourth-order valence-electron chi connectivity index (χ4n) is 2.99. The molecule has 0 spiro atoms. The maximum Gasteiger partial charge on any atom is 0.0417 e. The highest BCUT2D eigenvalue weighted by Crippen LogP contribution is 2.34. The Hall–Kier alpha value is -1.02. The van der Waals surface area contributed by atoms with Crippen molar-refractivity contribution in [1.29, 1.82) is 0 Å².